The number of thioether (sulfide) groups is 1. The zero-order valence-electron chi connectivity index (χ0n) is 12.1. The van der Waals surface area contributed by atoms with Gasteiger partial charge in [0.25, 0.3) is 0 Å². The zero-order valence-corrected chi connectivity index (χ0v) is 12.9. The highest BCUT2D eigenvalue weighted by Gasteiger charge is 2.26. The lowest BCUT2D eigenvalue weighted by atomic mass is 10.2. The van der Waals surface area contributed by atoms with Crippen LogP contribution in [0, 0.1) is 0 Å². The summed E-state index contributed by atoms with van der Waals surface area (Å²) >= 11 is 1.51. The number of ether oxygens (including phenoxy) is 2. The van der Waals surface area contributed by atoms with E-state index in [0.29, 0.717) is 24.7 Å². The van der Waals surface area contributed by atoms with Crippen LogP contribution in [0.3, 0.4) is 0 Å². The molecule has 0 spiro atoms. The first-order chi connectivity index (χ1) is 10.3. The van der Waals surface area contributed by atoms with Crippen LogP contribution in [-0.2, 0) is 19.1 Å². The number of carbonyl (C=O) groups excluding carboxylic acids is 1. The van der Waals surface area contributed by atoms with Crippen molar-refractivity contribution in [3.05, 3.63) is 0 Å². The van der Waals surface area contributed by atoms with Crippen molar-refractivity contribution < 1.29 is 19.1 Å². The van der Waals surface area contributed by atoms with Crippen LogP contribution in [0.2, 0.25) is 0 Å². The van der Waals surface area contributed by atoms with Crippen LogP contribution >= 0.6 is 11.8 Å². The molecule has 0 radical (unpaired) electrons. The zero-order chi connectivity index (χ0) is 15.1. The molecular weight excluding hydrogens is 296 g/mol. The molecule has 1 saturated heterocycles. The number of hydrogen-bond donors (Lipinski definition) is 0. The Morgan fingerprint density at radius 3 is 2.76 bits per heavy atom. The number of amidine groups is 1. The molecule has 9 heteroatoms. The molecule has 116 valence electrons. The third-order valence-electron chi connectivity index (χ3n) is 2.80. The highest BCUT2D eigenvalue weighted by Crippen LogP contribution is 2.17. The summed E-state index contributed by atoms with van der Waals surface area (Å²) in [5, 5.41) is 12.8. The van der Waals surface area contributed by atoms with E-state index in [2.05, 4.69) is 25.1 Å². The van der Waals surface area contributed by atoms with Gasteiger partial charge < -0.3 is 19.2 Å². The highest BCUT2D eigenvalue weighted by atomic mass is 32.2. The molecule has 1 fully saturated rings. The topological polar surface area (TPSA) is 85.1 Å². The van der Waals surface area contributed by atoms with Crippen molar-refractivity contribution in [2.24, 2.45) is 15.4 Å². The Morgan fingerprint density at radius 2 is 2.19 bits per heavy atom. The summed E-state index contributed by atoms with van der Waals surface area (Å²) < 4.78 is 10.2. The summed E-state index contributed by atoms with van der Waals surface area (Å²) in [4.78, 5) is 18.6. The minimum Gasteiger partial charge on any atom is -0.461 e. The van der Waals surface area contributed by atoms with E-state index in [1.54, 1.807) is 6.92 Å². The summed E-state index contributed by atoms with van der Waals surface area (Å²) in [6.45, 7) is 4.98. The van der Waals surface area contributed by atoms with Gasteiger partial charge in [-0.2, -0.15) is 0 Å². The lowest BCUT2D eigenvalue weighted by Gasteiger charge is -2.29. The highest BCUT2D eigenvalue weighted by molar-refractivity contribution is 8.14. The molecular formula is C12H18N4O4S. The Bertz CT molecular complexity index is 472. The maximum absolute atomic E-state index is 11.8. The van der Waals surface area contributed by atoms with E-state index in [1.165, 1.54) is 18.9 Å². The van der Waals surface area contributed by atoms with Gasteiger partial charge in [-0.25, -0.2) is 4.79 Å². The molecule has 0 saturated carbocycles. The molecule has 2 rings (SSSR count). The largest absolute Gasteiger partial charge is 0.461 e. The Hall–Kier alpha value is -1.61. The Kier molecular flexibility index (Phi) is 6.00. The average Bonchev–Trinajstić information content (AvgIpc) is 2.54. The minimum atomic E-state index is -0.552. The molecule has 0 amide bonds. The summed E-state index contributed by atoms with van der Waals surface area (Å²) in [5.74, 6) is -0.0549. The normalized spacial score (nSPS) is 19.7. The lowest BCUT2D eigenvalue weighted by Crippen LogP contribution is -2.41. The second kappa shape index (κ2) is 7.99. The van der Waals surface area contributed by atoms with Crippen molar-refractivity contribution >= 4 is 34.3 Å². The van der Waals surface area contributed by atoms with Gasteiger partial charge in [-0.3, -0.25) is 0 Å². The van der Waals surface area contributed by atoms with E-state index in [0.717, 1.165) is 18.3 Å². The average molecular weight is 314 g/mol. The van der Waals surface area contributed by atoms with Gasteiger partial charge in [-0.1, -0.05) is 16.9 Å². The van der Waals surface area contributed by atoms with Crippen LogP contribution < -0.4 is 0 Å². The van der Waals surface area contributed by atoms with Crippen molar-refractivity contribution in [3.8, 4) is 0 Å². The van der Waals surface area contributed by atoms with E-state index in [9.17, 15) is 4.79 Å². The van der Waals surface area contributed by atoms with Crippen molar-refractivity contribution in [2.45, 2.75) is 6.92 Å². The smallest absolute Gasteiger partial charge is 0.362 e. The Morgan fingerprint density at radius 1 is 1.43 bits per heavy atom. The van der Waals surface area contributed by atoms with E-state index < -0.39 is 5.97 Å². The number of esters is 1. The molecule has 2 aliphatic heterocycles. The van der Waals surface area contributed by atoms with Crippen LogP contribution in [0.4, 0.5) is 0 Å². The van der Waals surface area contributed by atoms with Crippen LogP contribution in [-0.4, -0.2) is 73.2 Å². The van der Waals surface area contributed by atoms with E-state index >= 15 is 0 Å². The molecule has 2 heterocycles. The maximum atomic E-state index is 11.8. The van der Waals surface area contributed by atoms with E-state index in [4.69, 9.17) is 9.47 Å². The summed E-state index contributed by atoms with van der Waals surface area (Å²) in [5.41, 5.74) is 0.522. The van der Waals surface area contributed by atoms with Gasteiger partial charge in [0.15, 0.2) is 5.17 Å². The van der Waals surface area contributed by atoms with E-state index in [-0.39, 0.29) is 12.3 Å². The van der Waals surface area contributed by atoms with Gasteiger partial charge in [0.1, 0.15) is 12.8 Å². The molecule has 0 aliphatic carbocycles. The van der Waals surface area contributed by atoms with Gasteiger partial charge in [-0.15, -0.1) is 10.2 Å². The van der Waals surface area contributed by atoms with Crippen LogP contribution in [0.1, 0.15) is 6.92 Å². The first-order valence-corrected chi connectivity index (χ1v) is 7.63. The fourth-order valence-corrected chi connectivity index (χ4v) is 2.74. The SMILES string of the molecule is CCOC(=O)/C(=N\OC)C1=NN=C(N2CCOCC2)SC1. The van der Waals surface area contributed by atoms with Gasteiger partial charge >= 0.3 is 5.97 Å². The summed E-state index contributed by atoms with van der Waals surface area (Å²) in [6, 6.07) is 0. The second-order valence-corrected chi connectivity index (χ2v) is 5.10. The molecule has 21 heavy (non-hydrogen) atoms. The fourth-order valence-electron chi connectivity index (χ4n) is 1.82. The van der Waals surface area contributed by atoms with Gasteiger partial charge in [0.05, 0.1) is 19.8 Å². The van der Waals surface area contributed by atoms with Crippen LogP contribution in [0.5, 0.6) is 0 Å². The van der Waals surface area contributed by atoms with E-state index in [1.807, 2.05) is 0 Å². The van der Waals surface area contributed by atoms with Crippen LogP contribution in [0.25, 0.3) is 0 Å². The molecule has 0 aromatic heterocycles. The molecule has 0 N–H and O–H groups in total. The molecule has 0 aromatic carbocycles. The number of oxime groups is 1. The maximum Gasteiger partial charge on any atom is 0.362 e. The fraction of sp³-hybridized carbons (Fsp3) is 0.667. The minimum absolute atomic E-state index is 0.0663. The summed E-state index contributed by atoms with van der Waals surface area (Å²) in [6.07, 6.45) is 0. The third-order valence-corrected chi connectivity index (χ3v) is 3.82. The Balaban J connectivity index is 2.09. The third kappa shape index (κ3) is 4.18. The molecule has 8 nitrogen and oxygen atoms in total. The van der Waals surface area contributed by atoms with Crippen molar-refractivity contribution in [2.75, 3.05) is 45.8 Å². The molecule has 0 unspecified atom stereocenters. The standard InChI is InChI=1S/C12H18N4O4S/c1-3-20-11(17)10(15-18-2)9-8-21-12(14-13-9)16-4-6-19-7-5-16/h3-8H2,1-2H3/b15-10-. The molecule has 0 atom stereocenters. The number of rotatable bonds is 4. The van der Waals surface area contributed by atoms with Gasteiger partial charge in [0.2, 0.25) is 5.71 Å². The summed E-state index contributed by atoms with van der Waals surface area (Å²) in [7, 11) is 1.37. The van der Waals surface area contributed by atoms with Crippen LogP contribution in [0.15, 0.2) is 15.4 Å². The van der Waals surface area contributed by atoms with Crippen molar-refractivity contribution in [1.82, 2.24) is 4.90 Å². The second-order valence-electron chi connectivity index (χ2n) is 4.16. The first-order valence-electron chi connectivity index (χ1n) is 6.65. The van der Waals surface area contributed by atoms with Crippen molar-refractivity contribution in [1.29, 1.82) is 0 Å². The van der Waals surface area contributed by atoms with Gasteiger partial charge in [0, 0.05) is 18.8 Å². The predicted molar refractivity (Wildman–Crippen MR) is 80.8 cm³/mol. The van der Waals surface area contributed by atoms with Gasteiger partial charge in [-0.05, 0) is 6.92 Å². The molecule has 2 aliphatic rings. The first kappa shape index (κ1) is 15.8. The molecule has 0 aromatic rings. The number of carbonyl (C=O) groups is 1. The lowest BCUT2D eigenvalue weighted by molar-refractivity contribution is -0.135. The number of morpholine rings is 1. The monoisotopic (exact) mass is 314 g/mol. The quantitative estimate of drug-likeness (QED) is 0.423. The Labute approximate surface area is 127 Å². The number of nitrogens with zero attached hydrogens (tertiary/aromatic N) is 4. The number of hydrogen-bond acceptors (Lipinski definition) is 9. The van der Waals surface area contributed by atoms with Crippen molar-refractivity contribution in [3.63, 3.8) is 0 Å². The predicted octanol–water partition coefficient (Wildman–Crippen LogP) is 0.343. The molecule has 0 bridgehead atoms.